The lowest BCUT2D eigenvalue weighted by Crippen LogP contribution is -2.11. The monoisotopic (exact) mass is 290 g/mol. The number of primary sulfonamides is 1. The van der Waals surface area contributed by atoms with E-state index in [4.69, 9.17) is 10.9 Å². The van der Waals surface area contributed by atoms with Gasteiger partial charge in [0.1, 0.15) is 0 Å². The molecule has 2 aromatic rings. The molecule has 0 fully saturated rings. The summed E-state index contributed by atoms with van der Waals surface area (Å²) in [6.07, 6.45) is 0. The van der Waals surface area contributed by atoms with Crippen molar-refractivity contribution in [3.05, 3.63) is 48.0 Å². The average molecular weight is 290 g/mol. The van der Waals surface area contributed by atoms with Crippen LogP contribution in [0.15, 0.2) is 57.6 Å². The van der Waals surface area contributed by atoms with Crippen LogP contribution >= 0.6 is 0 Å². The summed E-state index contributed by atoms with van der Waals surface area (Å²) >= 11 is 0. The van der Waals surface area contributed by atoms with E-state index in [1.807, 2.05) is 6.92 Å². The van der Waals surface area contributed by atoms with Crippen molar-refractivity contribution in [3.63, 3.8) is 0 Å². The summed E-state index contributed by atoms with van der Waals surface area (Å²) < 4.78 is 22.2. The van der Waals surface area contributed by atoms with Crippen LogP contribution in [0.25, 0.3) is 0 Å². The highest BCUT2D eigenvalue weighted by Gasteiger charge is 2.06. The molecule has 7 heteroatoms. The first-order chi connectivity index (χ1) is 9.36. The van der Waals surface area contributed by atoms with E-state index in [-0.39, 0.29) is 4.90 Å². The Morgan fingerprint density at radius 3 is 2.20 bits per heavy atom. The number of nitrogens with zero attached hydrogens (tertiary/aromatic N) is 2. The second kappa shape index (κ2) is 5.40. The molecule has 0 amide bonds. The summed E-state index contributed by atoms with van der Waals surface area (Å²) in [4.78, 5) is 0.0418. The Morgan fingerprint density at radius 2 is 1.65 bits per heavy atom. The summed E-state index contributed by atoms with van der Waals surface area (Å²) in [5.41, 5.74) is 8.47. The number of aryl methyl sites for hydroxylation is 1. The molecule has 0 unspecified atom stereocenters. The second-order valence-corrected chi connectivity index (χ2v) is 5.85. The third kappa shape index (κ3) is 3.40. The lowest BCUT2D eigenvalue weighted by Gasteiger charge is -2.00. The van der Waals surface area contributed by atoms with Crippen molar-refractivity contribution in [2.24, 2.45) is 15.4 Å². The third-order valence-electron chi connectivity index (χ3n) is 2.66. The second-order valence-electron chi connectivity index (χ2n) is 4.28. The highest BCUT2D eigenvalue weighted by Crippen LogP contribution is 2.24. The van der Waals surface area contributed by atoms with Crippen LogP contribution in [0.4, 0.5) is 17.1 Å². The highest BCUT2D eigenvalue weighted by atomic mass is 32.2. The Bertz CT molecular complexity index is 752. The van der Waals surface area contributed by atoms with E-state index in [2.05, 4.69) is 10.2 Å². The minimum atomic E-state index is -3.68. The van der Waals surface area contributed by atoms with Gasteiger partial charge in [-0.05, 0) is 55.0 Å². The fourth-order valence-corrected chi connectivity index (χ4v) is 2.12. The lowest BCUT2D eigenvalue weighted by molar-refractivity contribution is 0.598. The summed E-state index contributed by atoms with van der Waals surface area (Å²) in [5.74, 6) is 0. The van der Waals surface area contributed by atoms with Crippen LogP contribution in [0.2, 0.25) is 0 Å². The normalized spacial score (nSPS) is 11.9. The van der Waals surface area contributed by atoms with E-state index in [1.165, 1.54) is 24.3 Å². The molecule has 6 nitrogen and oxygen atoms in total. The molecule has 0 spiro atoms. The number of rotatable bonds is 3. The van der Waals surface area contributed by atoms with Gasteiger partial charge in [0.05, 0.1) is 16.3 Å². The Kier molecular flexibility index (Phi) is 3.82. The van der Waals surface area contributed by atoms with Crippen LogP contribution in [0.5, 0.6) is 0 Å². The molecule has 2 rings (SSSR count). The molecule has 0 aliphatic heterocycles. The Hall–Kier alpha value is -2.25. The van der Waals surface area contributed by atoms with Crippen LogP contribution in [0.1, 0.15) is 5.56 Å². The van der Waals surface area contributed by atoms with E-state index in [1.54, 1.807) is 18.2 Å². The van der Waals surface area contributed by atoms with Gasteiger partial charge >= 0.3 is 0 Å². The van der Waals surface area contributed by atoms with Crippen molar-refractivity contribution < 1.29 is 8.42 Å². The number of sulfonamides is 1. The summed E-state index contributed by atoms with van der Waals surface area (Å²) in [7, 11) is -3.68. The van der Waals surface area contributed by atoms with Gasteiger partial charge in [-0.3, -0.25) is 0 Å². The van der Waals surface area contributed by atoms with E-state index in [9.17, 15) is 8.42 Å². The van der Waals surface area contributed by atoms with Gasteiger partial charge in [0.15, 0.2) is 0 Å². The first-order valence-corrected chi connectivity index (χ1v) is 7.31. The van der Waals surface area contributed by atoms with Gasteiger partial charge in [-0.25, -0.2) is 13.6 Å². The van der Waals surface area contributed by atoms with Crippen LogP contribution < -0.4 is 10.9 Å². The minimum absolute atomic E-state index is 0.0418. The average Bonchev–Trinajstić information content (AvgIpc) is 2.37. The summed E-state index contributed by atoms with van der Waals surface area (Å²) in [6, 6.07) is 11.2. The Morgan fingerprint density at radius 1 is 1.00 bits per heavy atom. The number of anilines is 1. The molecule has 0 radical (unpaired) electrons. The number of benzene rings is 2. The van der Waals surface area contributed by atoms with Crippen LogP contribution in [-0.2, 0) is 10.0 Å². The number of hydrogen-bond acceptors (Lipinski definition) is 5. The van der Waals surface area contributed by atoms with Crippen LogP contribution in [0, 0.1) is 6.92 Å². The van der Waals surface area contributed by atoms with E-state index >= 15 is 0 Å². The first kappa shape index (κ1) is 14.2. The quantitative estimate of drug-likeness (QED) is 0.669. The van der Waals surface area contributed by atoms with Gasteiger partial charge < -0.3 is 5.73 Å². The molecule has 20 heavy (non-hydrogen) atoms. The molecule has 0 aliphatic rings. The van der Waals surface area contributed by atoms with Gasteiger partial charge in [0.25, 0.3) is 0 Å². The fraction of sp³-hybridized carbons (Fsp3) is 0.0769. The molecule has 0 saturated carbocycles. The molecule has 0 bridgehead atoms. The van der Waals surface area contributed by atoms with E-state index < -0.39 is 10.0 Å². The maximum atomic E-state index is 11.1. The predicted molar refractivity (Wildman–Crippen MR) is 77.6 cm³/mol. The minimum Gasteiger partial charge on any atom is -0.399 e. The summed E-state index contributed by atoms with van der Waals surface area (Å²) in [5, 5.41) is 13.1. The fourth-order valence-electron chi connectivity index (χ4n) is 1.60. The molecule has 4 N–H and O–H groups in total. The highest BCUT2D eigenvalue weighted by molar-refractivity contribution is 7.89. The van der Waals surface area contributed by atoms with Gasteiger partial charge in [0.2, 0.25) is 10.0 Å². The predicted octanol–water partition coefficient (Wildman–Crippen LogP) is 2.64. The number of nitrogens with two attached hydrogens (primary N) is 2. The SMILES string of the molecule is Cc1cc(N)ccc1N=Nc1ccc(S(N)(=O)=O)cc1. The van der Waals surface area contributed by atoms with Crippen molar-refractivity contribution in [2.75, 3.05) is 5.73 Å². The largest absolute Gasteiger partial charge is 0.399 e. The topological polar surface area (TPSA) is 111 Å². The van der Waals surface area contributed by atoms with Crippen molar-refractivity contribution in [1.82, 2.24) is 0 Å². The van der Waals surface area contributed by atoms with Gasteiger partial charge in [0, 0.05) is 5.69 Å². The van der Waals surface area contributed by atoms with Crippen molar-refractivity contribution in [3.8, 4) is 0 Å². The zero-order valence-corrected chi connectivity index (χ0v) is 11.6. The standard InChI is InChI=1S/C13H14N4O2S/c1-9-8-10(14)2-7-13(9)17-16-11-3-5-12(6-4-11)20(15,18)19/h2-8H,14H2,1H3,(H2,15,18,19). The number of nitrogen functional groups attached to an aromatic ring is 1. The number of hydrogen-bond donors (Lipinski definition) is 2. The third-order valence-corrected chi connectivity index (χ3v) is 3.59. The molecule has 2 aromatic carbocycles. The molecular formula is C13H14N4O2S. The van der Waals surface area contributed by atoms with Gasteiger partial charge in [-0.2, -0.15) is 10.2 Å². The zero-order chi connectivity index (χ0) is 14.8. The van der Waals surface area contributed by atoms with Crippen LogP contribution in [0.3, 0.4) is 0 Å². The smallest absolute Gasteiger partial charge is 0.238 e. The molecule has 0 atom stereocenters. The number of azo groups is 1. The maximum Gasteiger partial charge on any atom is 0.238 e. The zero-order valence-electron chi connectivity index (χ0n) is 10.8. The van der Waals surface area contributed by atoms with E-state index in [0.717, 1.165) is 5.56 Å². The first-order valence-electron chi connectivity index (χ1n) is 5.77. The molecule has 0 saturated heterocycles. The van der Waals surface area contributed by atoms with Crippen molar-refractivity contribution in [2.45, 2.75) is 11.8 Å². The maximum absolute atomic E-state index is 11.1. The Balaban J connectivity index is 2.24. The van der Waals surface area contributed by atoms with E-state index in [0.29, 0.717) is 17.1 Å². The van der Waals surface area contributed by atoms with Crippen molar-refractivity contribution >= 4 is 27.1 Å². The lowest BCUT2D eigenvalue weighted by atomic mass is 10.2. The molecule has 0 aromatic heterocycles. The Labute approximate surface area is 117 Å². The molecular weight excluding hydrogens is 276 g/mol. The van der Waals surface area contributed by atoms with Gasteiger partial charge in [-0.1, -0.05) is 0 Å². The molecule has 0 heterocycles. The summed E-state index contributed by atoms with van der Waals surface area (Å²) in [6.45, 7) is 1.88. The molecule has 104 valence electrons. The van der Waals surface area contributed by atoms with Crippen molar-refractivity contribution in [1.29, 1.82) is 0 Å². The van der Waals surface area contributed by atoms with Crippen LogP contribution in [-0.4, -0.2) is 8.42 Å². The molecule has 0 aliphatic carbocycles. The van der Waals surface area contributed by atoms with Gasteiger partial charge in [-0.15, -0.1) is 0 Å².